The summed E-state index contributed by atoms with van der Waals surface area (Å²) in [5, 5.41) is 0. The molecule has 0 amide bonds. The maximum atomic E-state index is 13.8. The van der Waals surface area contributed by atoms with Crippen molar-refractivity contribution in [3.05, 3.63) is 52.6 Å². The van der Waals surface area contributed by atoms with Crippen molar-refractivity contribution in [3.63, 3.8) is 0 Å². The molecule has 2 aromatic rings. The third-order valence-electron chi connectivity index (χ3n) is 3.70. The van der Waals surface area contributed by atoms with Crippen LogP contribution in [0.2, 0.25) is 0 Å². The zero-order valence-corrected chi connectivity index (χ0v) is 10.8. The van der Waals surface area contributed by atoms with Gasteiger partial charge in [-0.25, -0.2) is 13.8 Å². The predicted molar refractivity (Wildman–Crippen MR) is 69.5 cm³/mol. The first-order valence-corrected chi connectivity index (χ1v) is 6.67. The molecule has 0 saturated heterocycles. The highest BCUT2D eigenvalue weighted by Gasteiger charge is 2.24. The molecule has 1 aromatic heterocycles. The van der Waals surface area contributed by atoms with Gasteiger partial charge in [-0.3, -0.25) is 0 Å². The normalized spacial score (nSPS) is 15.7. The number of hydrogen-bond donors (Lipinski definition) is 1. The first kappa shape index (κ1) is 13.0. The summed E-state index contributed by atoms with van der Waals surface area (Å²) < 4.78 is 27.1. The third kappa shape index (κ3) is 2.24. The maximum absolute atomic E-state index is 13.8. The summed E-state index contributed by atoms with van der Waals surface area (Å²) in [5.41, 5.74) is 1.97. The Labute approximate surface area is 115 Å². The Morgan fingerprint density at radius 1 is 1.25 bits per heavy atom. The molecule has 1 aromatic carbocycles. The van der Waals surface area contributed by atoms with Crippen LogP contribution in [0.3, 0.4) is 0 Å². The second-order valence-electron chi connectivity index (χ2n) is 5.03. The summed E-state index contributed by atoms with van der Waals surface area (Å²) in [6.07, 6.45) is 4.50. The van der Waals surface area contributed by atoms with Gasteiger partial charge >= 0.3 is 0 Å². The van der Waals surface area contributed by atoms with Crippen LogP contribution in [-0.4, -0.2) is 16.3 Å². The summed E-state index contributed by atoms with van der Waals surface area (Å²) >= 11 is 0. The van der Waals surface area contributed by atoms with Crippen LogP contribution in [0.5, 0.6) is 0 Å². The minimum atomic E-state index is -0.892. The molecule has 1 atom stereocenters. The molecule has 5 heteroatoms. The van der Waals surface area contributed by atoms with Crippen molar-refractivity contribution in [1.82, 2.24) is 9.97 Å². The van der Waals surface area contributed by atoms with Gasteiger partial charge in [0.1, 0.15) is 29.7 Å². The van der Waals surface area contributed by atoms with Crippen LogP contribution in [0.25, 0.3) is 0 Å². The number of nitrogens with zero attached hydrogens (tertiary/aromatic N) is 1. The molecule has 3 nitrogen and oxygen atoms in total. The van der Waals surface area contributed by atoms with E-state index in [9.17, 15) is 13.6 Å². The number of carbonyl (C=O) groups is 1. The summed E-state index contributed by atoms with van der Waals surface area (Å²) in [6.45, 7) is 0. The van der Waals surface area contributed by atoms with Crippen LogP contribution in [0.15, 0.2) is 18.2 Å². The molecule has 20 heavy (non-hydrogen) atoms. The number of rotatable bonds is 3. The van der Waals surface area contributed by atoms with Crippen molar-refractivity contribution in [1.29, 1.82) is 0 Å². The fraction of sp³-hybridized carbons (Fsp3) is 0.333. The molecule has 0 bridgehead atoms. The molecule has 1 aliphatic rings. The van der Waals surface area contributed by atoms with Gasteiger partial charge in [0.05, 0.1) is 5.69 Å². The molecule has 1 aliphatic carbocycles. The second-order valence-corrected chi connectivity index (χ2v) is 5.03. The molecule has 104 valence electrons. The first-order valence-electron chi connectivity index (χ1n) is 6.67. The molecule has 0 saturated carbocycles. The van der Waals surface area contributed by atoms with Gasteiger partial charge in [-0.2, -0.15) is 0 Å². The molecular formula is C15H14F2N2O. The number of aryl methyl sites for hydroxylation is 2. The topological polar surface area (TPSA) is 45.8 Å². The van der Waals surface area contributed by atoms with Crippen molar-refractivity contribution in [3.8, 4) is 0 Å². The first-order chi connectivity index (χ1) is 9.69. The smallest absolute Gasteiger partial charge is 0.135 e. The van der Waals surface area contributed by atoms with Gasteiger partial charge in [0.2, 0.25) is 0 Å². The van der Waals surface area contributed by atoms with Crippen LogP contribution in [0.4, 0.5) is 8.78 Å². The van der Waals surface area contributed by atoms with Crippen LogP contribution in [0, 0.1) is 11.6 Å². The van der Waals surface area contributed by atoms with Crippen LogP contribution < -0.4 is 0 Å². The summed E-state index contributed by atoms with van der Waals surface area (Å²) in [6, 6.07) is 3.12. The average Bonchev–Trinajstić information content (AvgIpc) is 2.87. The van der Waals surface area contributed by atoms with Gasteiger partial charge < -0.3 is 9.78 Å². The second kappa shape index (κ2) is 5.15. The Kier molecular flexibility index (Phi) is 3.34. The molecule has 0 fully saturated rings. The standard InChI is InChI=1S/C15H14F2N2O/c16-9-5-6-12(17)10(7-9)11(8-20)15-18-13-3-1-2-4-14(13)19-15/h5-8,11H,1-4H2,(H,18,19). The lowest BCUT2D eigenvalue weighted by molar-refractivity contribution is -0.108. The number of benzene rings is 1. The van der Waals surface area contributed by atoms with E-state index in [2.05, 4.69) is 9.97 Å². The highest BCUT2D eigenvalue weighted by atomic mass is 19.1. The number of imidazole rings is 1. The van der Waals surface area contributed by atoms with E-state index in [4.69, 9.17) is 0 Å². The Morgan fingerprint density at radius 3 is 2.80 bits per heavy atom. The predicted octanol–water partition coefficient (Wildman–Crippen LogP) is 2.90. The summed E-state index contributed by atoms with van der Waals surface area (Å²) in [5.74, 6) is -1.66. The van der Waals surface area contributed by atoms with Crippen LogP contribution in [0.1, 0.15) is 41.5 Å². The maximum Gasteiger partial charge on any atom is 0.135 e. The third-order valence-corrected chi connectivity index (χ3v) is 3.70. The molecular weight excluding hydrogens is 262 g/mol. The molecule has 1 N–H and O–H groups in total. The lowest BCUT2D eigenvalue weighted by Gasteiger charge is -2.09. The number of aromatic amines is 1. The monoisotopic (exact) mass is 276 g/mol. The van der Waals surface area contributed by atoms with Gasteiger partial charge in [-0.05, 0) is 43.9 Å². The van der Waals surface area contributed by atoms with E-state index in [0.717, 1.165) is 55.3 Å². The summed E-state index contributed by atoms with van der Waals surface area (Å²) in [4.78, 5) is 18.8. The molecule has 0 spiro atoms. The van der Waals surface area contributed by atoms with Gasteiger partial charge in [0.25, 0.3) is 0 Å². The number of halogens is 2. The van der Waals surface area contributed by atoms with Gasteiger partial charge in [0.15, 0.2) is 0 Å². The highest BCUT2D eigenvalue weighted by molar-refractivity contribution is 5.66. The van der Waals surface area contributed by atoms with E-state index in [0.29, 0.717) is 12.1 Å². The van der Waals surface area contributed by atoms with E-state index in [1.54, 1.807) is 0 Å². The van der Waals surface area contributed by atoms with Gasteiger partial charge in [0, 0.05) is 11.3 Å². The quantitative estimate of drug-likeness (QED) is 0.876. The number of aldehydes is 1. The Balaban J connectivity index is 2.03. The van der Waals surface area contributed by atoms with E-state index < -0.39 is 17.6 Å². The van der Waals surface area contributed by atoms with Crippen LogP contribution in [-0.2, 0) is 17.6 Å². The number of aromatic nitrogens is 2. The zero-order valence-electron chi connectivity index (χ0n) is 10.8. The van der Waals surface area contributed by atoms with E-state index in [-0.39, 0.29) is 5.56 Å². The number of hydrogen-bond acceptors (Lipinski definition) is 2. The molecule has 0 radical (unpaired) electrons. The fourth-order valence-corrected chi connectivity index (χ4v) is 2.66. The van der Waals surface area contributed by atoms with E-state index in [1.165, 1.54) is 0 Å². The number of nitrogens with one attached hydrogen (secondary N) is 1. The van der Waals surface area contributed by atoms with Crippen molar-refractivity contribution >= 4 is 6.29 Å². The Bertz CT molecular complexity index is 628. The molecule has 1 unspecified atom stereocenters. The van der Waals surface area contributed by atoms with E-state index >= 15 is 0 Å². The molecule has 0 aliphatic heterocycles. The highest BCUT2D eigenvalue weighted by Crippen LogP contribution is 2.27. The number of fused-ring (bicyclic) bond motifs is 1. The van der Waals surface area contributed by atoms with Crippen molar-refractivity contribution in [2.75, 3.05) is 0 Å². The molecule has 3 rings (SSSR count). The van der Waals surface area contributed by atoms with Gasteiger partial charge in [-0.15, -0.1) is 0 Å². The van der Waals surface area contributed by atoms with E-state index in [1.807, 2.05) is 0 Å². The minimum Gasteiger partial charge on any atom is -0.345 e. The Morgan fingerprint density at radius 2 is 2.05 bits per heavy atom. The lowest BCUT2D eigenvalue weighted by atomic mass is 9.99. The lowest BCUT2D eigenvalue weighted by Crippen LogP contribution is -2.08. The molecule has 1 heterocycles. The largest absolute Gasteiger partial charge is 0.345 e. The van der Waals surface area contributed by atoms with Crippen molar-refractivity contribution < 1.29 is 13.6 Å². The van der Waals surface area contributed by atoms with Crippen molar-refractivity contribution in [2.24, 2.45) is 0 Å². The van der Waals surface area contributed by atoms with Gasteiger partial charge in [-0.1, -0.05) is 0 Å². The van der Waals surface area contributed by atoms with Crippen molar-refractivity contribution in [2.45, 2.75) is 31.6 Å². The number of carbonyl (C=O) groups excluding carboxylic acids is 1. The number of H-pyrrole nitrogens is 1. The minimum absolute atomic E-state index is 0.0195. The summed E-state index contributed by atoms with van der Waals surface area (Å²) in [7, 11) is 0. The van der Waals surface area contributed by atoms with Crippen LogP contribution >= 0.6 is 0 Å². The zero-order chi connectivity index (χ0) is 14.1. The Hall–Kier alpha value is -2.04. The fourth-order valence-electron chi connectivity index (χ4n) is 2.66. The SMILES string of the molecule is O=CC(c1nc2c([nH]1)CCCC2)c1cc(F)ccc1F. The average molecular weight is 276 g/mol.